The summed E-state index contributed by atoms with van der Waals surface area (Å²) in [5.74, 6) is -3.19. The number of nitrogens with one attached hydrogen (secondary N) is 2. The SMILES string of the molecule is C=Cc1cc(C(=O)O)c(-c2ccc(C(=O)NCC3CC3)nc2C(=O)OCC(C)OC(=O)[C@@H](NC(=O)OC(C)(C)C)C(C)C)cc1OC. The van der Waals surface area contributed by atoms with Crippen molar-refractivity contribution in [3.8, 4) is 16.9 Å². The van der Waals surface area contributed by atoms with E-state index >= 15 is 0 Å². The summed E-state index contributed by atoms with van der Waals surface area (Å²) in [5.41, 5.74) is -0.753. The highest BCUT2D eigenvalue weighted by Crippen LogP contribution is 2.34. The van der Waals surface area contributed by atoms with Crippen LogP contribution in [0.4, 0.5) is 4.79 Å². The highest BCUT2D eigenvalue weighted by molar-refractivity contribution is 6.04. The maximum absolute atomic E-state index is 13.5. The first-order valence-electron chi connectivity index (χ1n) is 15.3. The summed E-state index contributed by atoms with van der Waals surface area (Å²) >= 11 is 0. The molecule has 1 unspecified atom stereocenters. The van der Waals surface area contributed by atoms with Crippen molar-refractivity contribution in [2.75, 3.05) is 20.3 Å². The van der Waals surface area contributed by atoms with Gasteiger partial charge in [-0.25, -0.2) is 24.2 Å². The molecule has 2 amide bonds. The number of aromatic carboxylic acids is 1. The lowest BCUT2D eigenvalue weighted by Crippen LogP contribution is -2.48. The third kappa shape index (κ3) is 10.3. The Bertz CT molecular complexity index is 1520. The van der Waals surface area contributed by atoms with Crippen LogP contribution < -0.4 is 15.4 Å². The molecule has 1 fully saturated rings. The van der Waals surface area contributed by atoms with E-state index < -0.39 is 54.3 Å². The van der Waals surface area contributed by atoms with Crippen molar-refractivity contribution in [1.82, 2.24) is 15.6 Å². The van der Waals surface area contributed by atoms with Gasteiger partial charge in [-0.15, -0.1) is 0 Å². The molecule has 1 heterocycles. The third-order valence-corrected chi connectivity index (χ3v) is 7.04. The first-order chi connectivity index (χ1) is 22.0. The zero-order chi connectivity index (χ0) is 35.1. The van der Waals surface area contributed by atoms with Crippen LogP contribution in [0.3, 0.4) is 0 Å². The number of pyridine rings is 1. The zero-order valence-corrected chi connectivity index (χ0v) is 27.8. The molecule has 0 spiro atoms. The maximum atomic E-state index is 13.5. The fraction of sp³-hybridized carbons (Fsp3) is 0.471. The number of alkyl carbamates (subject to hydrolysis) is 1. The minimum Gasteiger partial charge on any atom is -0.496 e. The second kappa shape index (κ2) is 15.6. The molecule has 2 aromatic rings. The fourth-order valence-corrected chi connectivity index (χ4v) is 4.44. The Balaban J connectivity index is 1.88. The first-order valence-corrected chi connectivity index (χ1v) is 15.3. The molecule has 47 heavy (non-hydrogen) atoms. The lowest BCUT2D eigenvalue weighted by Gasteiger charge is -2.25. The summed E-state index contributed by atoms with van der Waals surface area (Å²) in [5, 5.41) is 15.3. The van der Waals surface area contributed by atoms with Gasteiger partial charge in [0.15, 0.2) is 5.69 Å². The van der Waals surface area contributed by atoms with Crippen LogP contribution in [0.15, 0.2) is 30.8 Å². The Hall–Kier alpha value is -4.94. The van der Waals surface area contributed by atoms with Crippen molar-refractivity contribution in [2.24, 2.45) is 11.8 Å². The van der Waals surface area contributed by atoms with Crippen LogP contribution in [-0.2, 0) is 19.0 Å². The number of ether oxygens (including phenoxy) is 4. The average molecular weight is 654 g/mol. The Morgan fingerprint density at radius 2 is 1.77 bits per heavy atom. The number of rotatable bonds is 14. The molecule has 2 atom stereocenters. The second-order valence-electron chi connectivity index (χ2n) is 12.6. The molecular formula is C34H43N3O10. The van der Waals surface area contributed by atoms with Gasteiger partial charge in [0.25, 0.3) is 5.91 Å². The number of aromatic nitrogens is 1. The van der Waals surface area contributed by atoms with Crippen molar-refractivity contribution in [2.45, 2.75) is 72.1 Å². The summed E-state index contributed by atoms with van der Waals surface area (Å²) < 4.78 is 21.6. The van der Waals surface area contributed by atoms with Gasteiger partial charge in [-0.2, -0.15) is 0 Å². The van der Waals surface area contributed by atoms with E-state index in [9.17, 15) is 29.1 Å². The first kappa shape index (κ1) is 36.5. The average Bonchev–Trinajstić information content (AvgIpc) is 3.83. The van der Waals surface area contributed by atoms with E-state index in [1.54, 1.807) is 34.6 Å². The van der Waals surface area contributed by atoms with Gasteiger partial charge < -0.3 is 34.7 Å². The molecule has 1 aromatic carbocycles. The van der Waals surface area contributed by atoms with Crippen LogP contribution in [0, 0.1) is 11.8 Å². The van der Waals surface area contributed by atoms with Crippen LogP contribution >= 0.6 is 0 Å². The van der Waals surface area contributed by atoms with Crippen molar-refractivity contribution in [1.29, 1.82) is 0 Å². The number of amides is 2. The van der Waals surface area contributed by atoms with Crippen molar-refractivity contribution in [3.05, 3.63) is 53.4 Å². The smallest absolute Gasteiger partial charge is 0.408 e. The topological polar surface area (TPSA) is 179 Å². The number of carbonyl (C=O) groups is 5. The lowest BCUT2D eigenvalue weighted by molar-refractivity contribution is -0.154. The zero-order valence-electron chi connectivity index (χ0n) is 27.8. The lowest BCUT2D eigenvalue weighted by atomic mass is 9.95. The molecule has 13 nitrogen and oxygen atoms in total. The minimum absolute atomic E-state index is 0.0691. The van der Waals surface area contributed by atoms with Crippen molar-refractivity contribution in [3.63, 3.8) is 0 Å². The molecule has 3 rings (SSSR count). The molecule has 0 saturated heterocycles. The van der Waals surface area contributed by atoms with Crippen LogP contribution in [0.1, 0.15) is 91.3 Å². The molecule has 13 heteroatoms. The Kier molecular flexibility index (Phi) is 12.1. The van der Waals surface area contributed by atoms with E-state index in [4.69, 9.17) is 18.9 Å². The highest BCUT2D eigenvalue weighted by atomic mass is 16.6. The predicted octanol–water partition coefficient (Wildman–Crippen LogP) is 4.88. The van der Waals surface area contributed by atoms with E-state index in [2.05, 4.69) is 22.2 Å². The quantitative estimate of drug-likeness (QED) is 0.187. The van der Waals surface area contributed by atoms with E-state index in [0.717, 1.165) is 12.8 Å². The number of carbonyl (C=O) groups excluding carboxylic acids is 4. The second-order valence-corrected chi connectivity index (χ2v) is 12.6. The Morgan fingerprint density at radius 3 is 2.32 bits per heavy atom. The standard InChI is InChI=1S/C34H43N3O10/c1-9-21-14-24(30(39)40)23(15-26(21)44-8)22-12-13-25(29(38)35-16-20-10-11-20)36-28(22)31(41)45-17-19(4)46-32(42)27(18(2)3)37-33(43)47-34(5,6)7/h9,12-15,18-20,27H,1,10-11,16-17H2,2-8H3,(H,35,38)(H,37,43)(H,39,40)/t19?,27-/m0/s1. The molecule has 0 radical (unpaired) electrons. The van der Waals surface area contributed by atoms with Crippen molar-refractivity contribution < 1.29 is 48.0 Å². The van der Waals surface area contributed by atoms with Gasteiger partial charge in [0.1, 0.15) is 35.8 Å². The molecule has 254 valence electrons. The summed E-state index contributed by atoms with van der Waals surface area (Å²) in [4.78, 5) is 68.2. The summed E-state index contributed by atoms with van der Waals surface area (Å²) in [6.45, 7) is 13.8. The molecule has 0 bridgehead atoms. The monoisotopic (exact) mass is 653 g/mol. The van der Waals surface area contributed by atoms with Gasteiger partial charge in [0, 0.05) is 23.2 Å². The minimum atomic E-state index is -1.28. The predicted molar refractivity (Wildman–Crippen MR) is 172 cm³/mol. The third-order valence-electron chi connectivity index (χ3n) is 7.04. The molecule has 1 aliphatic rings. The fourth-order valence-electron chi connectivity index (χ4n) is 4.44. The molecular weight excluding hydrogens is 610 g/mol. The van der Waals surface area contributed by atoms with Crippen LogP contribution in [0.25, 0.3) is 17.2 Å². The van der Waals surface area contributed by atoms with Gasteiger partial charge in [-0.1, -0.05) is 26.5 Å². The number of hydrogen-bond donors (Lipinski definition) is 3. The Morgan fingerprint density at radius 1 is 1.09 bits per heavy atom. The largest absolute Gasteiger partial charge is 0.496 e. The number of methoxy groups -OCH3 is 1. The summed E-state index contributed by atoms with van der Waals surface area (Å²) in [6.07, 6.45) is 1.73. The normalized spacial score (nSPS) is 14.0. The van der Waals surface area contributed by atoms with Crippen LogP contribution in [0.2, 0.25) is 0 Å². The van der Waals surface area contributed by atoms with Crippen molar-refractivity contribution >= 4 is 36.0 Å². The number of carboxylic acid groups (broad SMARTS) is 1. The number of benzene rings is 1. The number of esters is 2. The number of hydrogen-bond acceptors (Lipinski definition) is 10. The Labute approximate surface area is 274 Å². The van der Waals surface area contributed by atoms with Crippen LogP contribution in [-0.4, -0.2) is 78.0 Å². The summed E-state index contributed by atoms with van der Waals surface area (Å²) in [7, 11) is 1.41. The van der Waals surface area contributed by atoms with Gasteiger partial charge in [0.05, 0.1) is 12.7 Å². The van der Waals surface area contributed by atoms with Gasteiger partial charge in [0.2, 0.25) is 0 Å². The van der Waals surface area contributed by atoms with E-state index in [-0.39, 0.29) is 34.0 Å². The van der Waals surface area contributed by atoms with Gasteiger partial charge in [-0.05, 0) is 76.6 Å². The van der Waals surface area contributed by atoms with Crippen LogP contribution in [0.5, 0.6) is 5.75 Å². The number of carboxylic acids is 1. The van der Waals surface area contributed by atoms with Gasteiger partial charge >= 0.3 is 24.0 Å². The van der Waals surface area contributed by atoms with E-state index in [1.807, 2.05) is 0 Å². The highest BCUT2D eigenvalue weighted by Gasteiger charge is 2.30. The number of nitrogens with zero attached hydrogens (tertiary/aromatic N) is 1. The van der Waals surface area contributed by atoms with Gasteiger partial charge in [-0.3, -0.25) is 4.79 Å². The van der Waals surface area contributed by atoms with E-state index in [1.165, 1.54) is 44.4 Å². The maximum Gasteiger partial charge on any atom is 0.408 e. The molecule has 1 aromatic heterocycles. The van der Waals surface area contributed by atoms with E-state index in [0.29, 0.717) is 23.8 Å². The summed E-state index contributed by atoms with van der Waals surface area (Å²) in [6, 6.07) is 4.57. The molecule has 1 saturated carbocycles. The molecule has 3 N–H and O–H groups in total. The molecule has 1 aliphatic carbocycles. The molecule has 0 aliphatic heterocycles.